The first-order valence-corrected chi connectivity index (χ1v) is 8.71. The second kappa shape index (κ2) is 6.45. The molecule has 4 aromatic rings. The molecule has 0 aliphatic heterocycles. The predicted octanol–water partition coefficient (Wildman–Crippen LogP) is 6.76. The highest BCUT2D eigenvalue weighted by Crippen LogP contribution is 2.32. The van der Waals surface area contributed by atoms with Crippen LogP contribution in [0.3, 0.4) is 0 Å². The minimum Gasteiger partial charge on any atom is -0.309 e. The molecule has 1 heteroatoms. The highest BCUT2D eigenvalue weighted by molar-refractivity contribution is 6.09. The molecule has 0 atom stereocenters. The van der Waals surface area contributed by atoms with Gasteiger partial charge in [0.1, 0.15) is 0 Å². The number of rotatable bonds is 3. The normalized spacial score (nSPS) is 12.5. The van der Waals surface area contributed by atoms with E-state index in [9.17, 15) is 0 Å². The lowest BCUT2D eigenvalue weighted by molar-refractivity contribution is 1.18. The zero-order chi connectivity index (χ0) is 17.2. The second-order valence-electron chi connectivity index (χ2n) is 6.16. The van der Waals surface area contributed by atoms with Crippen molar-refractivity contribution in [3.05, 3.63) is 96.6 Å². The van der Waals surface area contributed by atoms with Crippen molar-refractivity contribution < 1.29 is 0 Å². The molecule has 0 fully saturated rings. The standard InChI is InChI=1S/C24H21N/c1-3-9-18(4-2)19-14-16-20(17-15-19)25-23-12-7-5-10-21(23)22-11-6-8-13-24(22)25/h3-17H,1-2H3. The van der Waals surface area contributed by atoms with Crippen LogP contribution in [0.5, 0.6) is 0 Å². The first-order valence-electron chi connectivity index (χ1n) is 8.71. The molecule has 0 saturated carbocycles. The molecule has 0 radical (unpaired) electrons. The van der Waals surface area contributed by atoms with E-state index in [0.717, 1.165) is 0 Å². The third-order valence-electron chi connectivity index (χ3n) is 4.70. The number of fused-ring (bicyclic) bond motifs is 3. The van der Waals surface area contributed by atoms with Crippen LogP contribution in [0.4, 0.5) is 0 Å². The van der Waals surface area contributed by atoms with Gasteiger partial charge in [0.05, 0.1) is 11.0 Å². The third kappa shape index (κ3) is 2.58. The van der Waals surface area contributed by atoms with Gasteiger partial charge in [0, 0.05) is 16.5 Å². The Hall–Kier alpha value is -3.06. The summed E-state index contributed by atoms with van der Waals surface area (Å²) in [5.74, 6) is 0. The van der Waals surface area contributed by atoms with E-state index >= 15 is 0 Å². The second-order valence-corrected chi connectivity index (χ2v) is 6.16. The van der Waals surface area contributed by atoms with Gasteiger partial charge in [-0.05, 0) is 49.2 Å². The lowest BCUT2D eigenvalue weighted by Gasteiger charge is -2.09. The smallest absolute Gasteiger partial charge is 0.0541 e. The zero-order valence-electron chi connectivity index (χ0n) is 14.6. The number of allylic oxidation sites excluding steroid dienone is 4. The van der Waals surface area contributed by atoms with Crippen LogP contribution in [0.25, 0.3) is 33.1 Å². The number of para-hydroxylation sites is 2. The van der Waals surface area contributed by atoms with Gasteiger partial charge in [-0.3, -0.25) is 0 Å². The molecule has 1 nitrogen and oxygen atoms in total. The van der Waals surface area contributed by atoms with Crippen molar-refractivity contribution in [1.29, 1.82) is 0 Å². The number of aromatic nitrogens is 1. The van der Waals surface area contributed by atoms with E-state index < -0.39 is 0 Å². The molecule has 4 rings (SSSR count). The fourth-order valence-corrected chi connectivity index (χ4v) is 3.54. The molecule has 0 unspecified atom stereocenters. The largest absolute Gasteiger partial charge is 0.309 e. The van der Waals surface area contributed by atoms with Gasteiger partial charge in [-0.25, -0.2) is 0 Å². The lowest BCUT2D eigenvalue weighted by Crippen LogP contribution is -1.94. The van der Waals surface area contributed by atoms with Crippen LogP contribution in [0.15, 0.2) is 91.0 Å². The Morgan fingerprint density at radius 2 is 1.28 bits per heavy atom. The summed E-state index contributed by atoms with van der Waals surface area (Å²) in [5.41, 5.74) is 6.17. The van der Waals surface area contributed by atoms with E-state index in [-0.39, 0.29) is 0 Å². The SMILES string of the molecule is CC=CC(=CC)c1ccc(-n2c3ccccc3c3ccccc32)cc1. The zero-order valence-corrected chi connectivity index (χ0v) is 14.6. The van der Waals surface area contributed by atoms with E-state index in [1.54, 1.807) is 0 Å². The maximum atomic E-state index is 2.35. The minimum atomic E-state index is 1.19. The number of hydrogen-bond acceptors (Lipinski definition) is 0. The van der Waals surface area contributed by atoms with Crippen molar-refractivity contribution >= 4 is 27.4 Å². The average Bonchev–Trinajstić information content (AvgIpc) is 3.01. The summed E-state index contributed by atoms with van der Waals surface area (Å²) in [7, 11) is 0. The molecule has 1 aromatic heterocycles. The number of hydrogen-bond donors (Lipinski definition) is 0. The summed E-state index contributed by atoms with van der Waals surface area (Å²) in [6.07, 6.45) is 6.38. The summed E-state index contributed by atoms with van der Waals surface area (Å²) < 4.78 is 2.35. The van der Waals surface area contributed by atoms with Crippen LogP contribution in [0.2, 0.25) is 0 Å². The Morgan fingerprint density at radius 3 is 1.80 bits per heavy atom. The molecular weight excluding hydrogens is 302 g/mol. The third-order valence-corrected chi connectivity index (χ3v) is 4.70. The van der Waals surface area contributed by atoms with Crippen LogP contribution in [-0.2, 0) is 0 Å². The molecule has 3 aromatic carbocycles. The Bertz CT molecular complexity index is 1040. The molecule has 0 aliphatic rings. The van der Waals surface area contributed by atoms with Crippen LogP contribution in [-0.4, -0.2) is 4.57 Å². The summed E-state index contributed by atoms with van der Waals surface area (Å²) in [6, 6.07) is 26.0. The van der Waals surface area contributed by atoms with Gasteiger partial charge in [0.2, 0.25) is 0 Å². The number of benzene rings is 3. The monoisotopic (exact) mass is 323 g/mol. The van der Waals surface area contributed by atoms with Gasteiger partial charge in [0.25, 0.3) is 0 Å². The van der Waals surface area contributed by atoms with E-state index in [4.69, 9.17) is 0 Å². The first-order chi connectivity index (χ1) is 12.3. The minimum absolute atomic E-state index is 1.19. The van der Waals surface area contributed by atoms with Crippen molar-refractivity contribution in [3.8, 4) is 5.69 Å². The van der Waals surface area contributed by atoms with Gasteiger partial charge in [0.15, 0.2) is 0 Å². The molecule has 122 valence electrons. The van der Waals surface area contributed by atoms with E-state index in [0.29, 0.717) is 0 Å². The fourth-order valence-electron chi connectivity index (χ4n) is 3.54. The first kappa shape index (κ1) is 15.5. The van der Waals surface area contributed by atoms with Crippen molar-refractivity contribution in [2.24, 2.45) is 0 Å². The summed E-state index contributed by atoms with van der Waals surface area (Å²) in [5, 5.41) is 2.59. The van der Waals surface area contributed by atoms with Crippen molar-refractivity contribution in [1.82, 2.24) is 4.57 Å². The van der Waals surface area contributed by atoms with E-state index in [1.165, 1.54) is 38.6 Å². The molecule has 0 bridgehead atoms. The van der Waals surface area contributed by atoms with Gasteiger partial charge < -0.3 is 4.57 Å². The van der Waals surface area contributed by atoms with Crippen molar-refractivity contribution in [2.75, 3.05) is 0 Å². The quantitative estimate of drug-likeness (QED) is 0.367. The van der Waals surface area contributed by atoms with Gasteiger partial charge >= 0.3 is 0 Å². The maximum Gasteiger partial charge on any atom is 0.0541 e. The molecule has 0 amide bonds. The predicted molar refractivity (Wildman–Crippen MR) is 109 cm³/mol. The van der Waals surface area contributed by atoms with E-state index in [2.05, 4.69) is 109 Å². The molecular formula is C24H21N. The van der Waals surface area contributed by atoms with E-state index in [1.807, 2.05) is 0 Å². The summed E-state index contributed by atoms with van der Waals surface area (Å²) in [6.45, 7) is 4.13. The fraction of sp³-hybridized carbons (Fsp3) is 0.0833. The molecule has 0 aliphatic carbocycles. The van der Waals surface area contributed by atoms with Crippen LogP contribution in [0, 0.1) is 0 Å². The van der Waals surface area contributed by atoms with Crippen LogP contribution in [0.1, 0.15) is 19.4 Å². The van der Waals surface area contributed by atoms with Crippen molar-refractivity contribution in [3.63, 3.8) is 0 Å². The Kier molecular flexibility index (Phi) is 3.99. The number of nitrogens with zero attached hydrogens (tertiary/aromatic N) is 1. The average molecular weight is 323 g/mol. The molecule has 1 heterocycles. The molecule has 25 heavy (non-hydrogen) atoms. The topological polar surface area (TPSA) is 4.93 Å². The summed E-state index contributed by atoms with van der Waals surface area (Å²) in [4.78, 5) is 0. The van der Waals surface area contributed by atoms with Gasteiger partial charge in [-0.2, -0.15) is 0 Å². The van der Waals surface area contributed by atoms with Gasteiger partial charge in [-0.1, -0.05) is 66.8 Å². The maximum absolute atomic E-state index is 2.35. The van der Waals surface area contributed by atoms with Crippen LogP contribution >= 0.6 is 0 Å². The molecule has 0 N–H and O–H groups in total. The Balaban J connectivity index is 1.92. The molecule has 0 saturated heterocycles. The highest BCUT2D eigenvalue weighted by Gasteiger charge is 2.11. The molecule has 0 spiro atoms. The lowest BCUT2D eigenvalue weighted by atomic mass is 10.0. The Labute approximate surface area is 148 Å². The van der Waals surface area contributed by atoms with Crippen molar-refractivity contribution in [2.45, 2.75) is 13.8 Å². The van der Waals surface area contributed by atoms with Crippen LogP contribution < -0.4 is 0 Å². The van der Waals surface area contributed by atoms with Gasteiger partial charge in [-0.15, -0.1) is 0 Å². The Morgan fingerprint density at radius 1 is 0.720 bits per heavy atom. The summed E-state index contributed by atoms with van der Waals surface area (Å²) >= 11 is 0. The highest BCUT2D eigenvalue weighted by atomic mass is 15.0.